The second-order valence-corrected chi connectivity index (χ2v) is 5.12. The number of halogens is 3. The van der Waals surface area contributed by atoms with Crippen LogP contribution >= 0.6 is 15.9 Å². The number of hydrogen-bond donors (Lipinski definition) is 2. The van der Waals surface area contributed by atoms with Crippen LogP contribution in [0, 0.1) is 11.6 Å². The Balaban J connectivity index is 2.55. The Morgan fingerprint density at radius 1 is 1.26 bits per heavy atom. The van der Waals surface area contributed by atoms with Gasteiger partial charge in [-0.05, 0) is 35.1 Å². The smallest absolute Gasteiger partial charge is 0.147 e. The van der Waals surface area contributed by atoms with Crippen molar-refractivity contribution in [2.45, 2.75) is 20.0 Å². The van der Waals surface area contributed by atoms with Gasteiger partial charge in [-0.3, -0.25) is 0 Å². The van der Waals surface area contributed by atoms with Crippen molar-refractivity contribution in [1.82, 2.24) is 4.90 Å². The van der Waals surface area contributed by atoms with Gasteiger partial charge in [-0.15, -0.1) is 0 Å². The molecule has 0 aliphatic rings. The monoisotopic (exact) mass is 336 g/mol. The number of rotatable bonds is 7. The largest absolute Gasteiger partial charge is 0.390 e. The third-order valence-electron chi connectivity index (χ3n) is 2.90. The summed E-state index contributed by atoms with van der Waals surface area (Å²) in [4.78, 5) is 2.06. The van der Waals surface area contributed by atoms with Crippen LogP contribution in [0.1, 0.15) is 13.8 Å². The van der Waals surface area contributed by atoms with Crippen molar-refractivity contribution >= 4 is 21.6 Å². The van der Waals surface area contributed by atoms with Crippen LogP contribution < -0.4 is 5.32 Å². The molecule has 0 bridgehead atoms. The zero-order valence-electron chi connectivity index (χ0n) is 11.1. The molecule has 0 fully saturated rings. The SMILES string of the molecule is CCN(CC)CC(O)CNc1cc(F)c(Br)cc1F. The van der Waals surface area contributed by atoms with Crippen molar-refractivity contribution in [2.75, 3.05) is 31.5 Å². The zero-order valence-corrected chi connectivity index (χ0v) is 12.7. The molecule has 1 rings (SSSR count). The minimum absolute atomic E-state index is 0.0549. The van der Waals surface area contributed by atoms with E-state index in [1.54, 1.807) is 0 Å². The van der Waals surface area contributed by atoms with E-state index in [9.17, 15) is 13.9 Å². The van der Waals surface area contributed by atoms with Gasteiger partial charge in [0.15, 0.2) is 0 Å². The van der Waals surface area contributed by atoms with E-state index in [1.807, 2.05) is 13.8 Å². The van der Waals surface area contributed by atoms with Gasteiger partial charge in [0, 0.05) is 19.2 Å². The quantitative estimate of drug-likeness (QED) is 0.751. The van der Waals surface area contributed by atoms with Crippen LogP contribution in [-0.2, 0) is 0 Å². The second kappa shape index (κ2) is 7.77. The van der Waals surface area contributed by atoms with E-state index < -0.39 is 17.7 Å². The molecule has 108 valence electrons. The van der Waals surface area contributed by atoms with Crippen molar-refractivity contribution in [1.29, 1.82) is 0 Å². The van der Waals surface area contributed by atoms with Gasteiger partial charge in [0.1, 0.15) is 11.6 Å². The lowest BCUT2D eigenvalue weighted by Crippen LogP contribution is -2.36. The van der Waals surface area contributed by atoms with Crippen LogP contribution in [0.25, 0.3) is 0 Å². The molecule has 0 saturated carbocycles. The summed E-state index contributed by atoms with van der Waals surface area (Å²) in [7, 11) is 0. The Bertz CT molecular complexity index is 414. The highest BCUT2D eigenvalue weighted by atomic mass is 79.9. The average molecular weight is 337 g/mol. The molecule has 0 aromatic heterocycles. The third-order valence-corrected chi connectivity index (χ3v) is 3.51. The minimum atomic E-state index is -0.633. The maximum absolute atomic E-state index is 13.5. The molecular weight excluding hydrogens is 318 g/mol. The Morgan fingerprint density at radius 2 is 1.89 bits per heavy atom. The van der Waals surface area contributed by atoms with Crippen molar-refractivity contribution in [2.24, 2.45) is 0 Å². The fraction of sp³-hybridized carbons (Fsp3) is 0.538. The molecule has 3 nitrogen and oxygen atoms in total. The third kappa shape index (κ3) is 5.04. The van der Waals surface area contributed by atoms with E-state index in [2.05, 4.69) is 26.1 Å². The van der Waals surface area contributed by atoms with Crippen molar-refractivity contribution in [3.8, 4) is 0 Å². The lowest BCUT2D eigenvalue weighted by Gasteiger charge is -2.22. The standard InChI is InChI=1S/C13H19BrF2N2O/c1-3-18(4-2)8-9(19)7-17-13-6-11(15)10(14)5-12(13)16/h5-6,9,17,19H,3-4,7-8H2,1-2H3. The van der Waals surface area contributed by atoms with E-state index in [0.717, 1.165) is 25.2 Å². The first-order valence-electron chi connectivity index (χ1n) is 6.26. The second-order valence-electron chi connectivity index (χ2n) is 4.27. The van der Waals surface area contributed by atoms with Crippen molar-refractivity contribution in [3.63, 3.8) is 0 Å². The molecule has 1 unspecified atom stereocenters. The van der Waals surface area contributed by atoms with E-state index in [0.29, 0.717) is 6.54 Å². The Kier molecular flexibility index (Phi) is 6.68. The summed E-state index contributed by atoms with van der Waals surface area (Å²) in [5, 5.41) is 12.6. The summed E-state index contributed by atoms with van der Waals surface area (Å²) < 4.78 is 26.9. The predicted molar refractivity (Wildman–Crippen MR) is 76.3 cm³/mol. The molecule has 0 saturated heterocycles. The van der Waals surface area contributed by atoms with E-state index >= 15 is 0 Å². The predicted octanol–water partition coefficient (Wildman–Crippen LogP) is 2.84. The van der Waals surface area contributed by atoms with Crippen molar-refractivity contribution in [3.05, 3.63) is 28.2 Å². The Labute approximate surface area is 120 Å². The van der Waals surface area contributed by atoms with Crippen LogP contribution in [0.2, 0.25) is 0 Å². The molecule has 0 aliphatic heterocycles. The number of anilines is 1. The van der Waals surface area contributed by atoms with Gasteiger partial charge < -0.3 is 15.3 Å². The molecule has 0 heterocycles. The zero-order chi connectivity index (χ0) is 14.4. The molecule has 0 radical (unpaired) electrons. The van der Waals surface area contributed by atoms with Gasteiger partial charge in [-0.2, -0.15) is 0 Å². The number of benzene rings is 1. The van der Waals surface area contributed by atoms with Gasteiger partial charge in [0.25, 0.3) is 0 Å². The number of aliphatic hydroxyl groups is 1. The highest BCUT2D eigenvalue weighted by Gasteiger charge is 2.12. The van der Waals surface area contributed by atoms with E-state index in [4.69, 9.17) is 0 Å². The molecule has 19 heavy (non-hydrogen) atoms. The minimum Gasteiger partial charge on any atom is -0.390 e. The summed E-state index contributed by atoms with van der Waals surface area (Å²) in [6, 6.07) is 2.14. The molecule has 1 atom stereocenters. The molecule has 0 aliphatic carbocycles. The number of nitrogens with one attached hydrogen (secondary N) is 1. The topological polar surface area (TPSA) is 35.5 Å². The van der Waals surface area contributed by atoms with E-state index in [-0.39, 0.29) is 16.7 Å². The first-order chi connectivity index (χ1) is 8.97. The van der Waals surface area contributed by atoms with Crippen molar-refractivity contribution < 1.29 is 13.9 Å². The van der Waals surface area contributed by atoms with Gasteiger partial charge >= 0.3 is 0 Å². The molecule has 0 spiro atoms. The van der Waals surface area contributed by atoms with Crippen LogP contribution in [0.15, 0.2) is 16.6 Å². The van der Waals surface area contributed by atoms with E-state index in [1.165, 1.54) is 0 Å². The molecular formula is C13H19BrF2N2O. The number of aliphatic hydroxyl groups excluding tert-OH is 1. The normalized spacial score (nSPS) is 12.8. The van der Waals surface area contributed by atoms with Crippen LogP contribution in [0.5, 0.6) is 0 Å². The first kappa shape index (κ1) is 16.3. The number of hydrogen-bond acceptors (Lipinski definition) is 3. The lowest BCUT2D eigenvalue weighted by molar-refractivity contribution is 0.128. The fourth-order valence-corrected chi connectivity index (χ4v) is 2.05. The maximum Gasteiger partial charge on any atom is 0.147 e. The Morgan fingerprint density at radius 3 is 2.47 bits per heavy atom. The fourth-order valence-electron chi connectivity index (χ4n) is 1.73. The van der Waals surface area contributed by atoms with Crippen LogP contribution in [-0.4, -0.2) is 42.3 Å². The first-order valence-corrected chi connectivity index (χ1v) is 7.06. The van der Waals surface area contributed by atoms with Crippen LogP contribution in [0.3, 0.4) is 0 Å². The molecule has 1 aromatic rings. The summed E-state index contributed by atoms with van der Waals surface area (Å²) >= 11 is 2.91. The van der Waals surface area contributed by atoms with Crippen LogP contribution in [0.4, 0.5) is 14.5 Å². The summed E-state index contributed by atoms with van der Waals surface area (Å²) in [6.45, 7) is 6.37. The highest BCUT2D eigenvalue weighted by molar-refractivity contribution is 9.10. The molecule has 0 amide bonds. The summed E-state index contributed by atoms with van der Waals surface area (Å²) in [5.41, 5.74) is 0.0549. The molecule has 1 aromatic carbocycles. The Hall–Kier alpha value is -0.720. The van der Waals surface area contributed by atoms with Gasteiger partial charge in [-0.25, -0.2) is 8.78 Å². The van der Waals surface area contributed by atoms with Gasteiger partial charge in [-0.1, -0.05) is 13.8 Å². The number of nitrogens with zero attached hydrogens (tertiary/aromatic N) is 1. The van der Waals surface area contributed by atoms with Gasteiger partial charge in [0.05, 0.1) is 16.3 Å². The maximum atomic E-state index is 13.5. The average Bonchev–Trinajstić information content (AvgIpc) is 2.38. The lowest BCUT2D eigenvalue weighted by atomic mass is 10.2. The summed E-state index contributed by atoms with van der Waals surface area (Å²) in [5.74, 6) is -1.09. The summed E-state index contributed by atoms with van der Waals surface area (Å²) in [6.07, 6.45) is -0.633. The highest BCUT2D eigenvalue weighted by Crippen LogP contribution is 2.23. The molecule has 6 heteroatoms. The van der Waals surface area contributed by atoms with Gasteiger partial charge in [0.2, 0.25) is 0 Å². The number of likely N-dealkylation sites (N-methyl/N-ethyl adjacent to an activating group) is 1. The molecule has 2 N–H and O–H groups in total.